The predicted octanol–water partition coefficient (Wildman–Crippen LogP) is 8.61. The number of hydrogen-bond donors (Lipinski definition) is 0. The molecule has 0 amide bonds. The van der Waals surface area contributed by atoms with Crippen molar-refractivity contribution in [1.82, 2.24) is 0 Å². The fraction of sp³-hybridized carbons (Fsp3) is 0.600. The molecule has 0 saturated carbocycles. The molecule has 0 aromatic heterocycles. The number of benzene rings is 2. The number of unbranched alkanes of at least 4 members (excludes halogenated alkanes) is 4. The van der Waals surface area contributed by atoms with Gasteiger partial charge in [0.2, 0.25) is 0 Å². The van der Waals surface area contributed by atoms with E-state index in [1.165, 1.54) is 93.2 Å². The van der Waals surface area contributed by atoms with Crippen molar-refractivity contribution in [2.45, 2.75) is 112 Å². The van der Waals surface area contributed by atoms with Crippen molar-refractivity contribution in [2.75, 3.05) is 26.2 Å². The van der Waals surface area contributed by atoms with E-state index >= 15 is 0 Å². The van der Waals surface area contributed by atoms with Crippen molar-refractivity contribution in [3.8, 4) is 0 Å². The van der Waals surface area contributed by atoms with E-state index in [4.69, 9.17) is 50.5 Å². The van der Waals surface area contributed by atoms with Crippen molar-refractivity contribution >= 4 is 50.5 Å². The van der Waals surface area contributed by atoms with Crippen LogP contribution in [0.1, 0.15) is 90.2 Å². The van der Waals surface area contributed by atoms with Crippen LogP contribution in [0.2, 0.25) is 0 Å². The largest absolute Gasteiger partial charge is 0.781 e. The van der Waals surface area contributed by atoms with E-state index in [9.17, 15) is 0 Å². The van der Waals surface area contributed by atoms with E-state index in [1.54, 1.807) is 0 Å². The van der Waals surface area contributed by atoms with Gasteiger partial charge in [0.1, 0.15) is 0 Å². The number of quaternary nitrogens is 1. The summed E-state index contributed by atoms with van der Waals surface area (Å²) in [5, 5.41) is 0. The second-order valence-corrected chi connectivity index (χ2v) is 11.3. The predicted molar refractivity (Wildman–Crippen MR) is 164 cm³/mol. The van der Waals surface area contributed by atoms with Gasteiger partial charge in [0.05, 0.1) is 26.2 Å². The molecule has 2 rings (SSSR count). The van der Waals surface area contributed by atoms with Crippen molar-refractivity contribution < 1.29 is 21.0 Å². The van der Waals surface area contributed by atoms with E-state index in [0.717, 1.165) is 19.6 Å². The van der Waals surface area contributed by atoms with Crippen LogP contribution in [0.3, 0.4) is 0 Å². The van der Waals surface area contributed by atoms with Crippen LogP contribution in [-0.4, -0.2) is 30.7 Å². The van der Waals surface area contributed by atoms with E-state index < -0.39 is 0 Å². The van der Waals surface area contributed by atoms with Crippen LogP contribution in [0, 0.1) is 13.8 Å². The summed E-state index contributed by atoms with van der Waals surface area (Å²) in [6.45, 7) is 19.0. The molecule has 2 aromatic rings. The van der Waals surface area contributed by atoms with Gasteiger partial charge in [0.15, 0.2) is 0 Å². The third-order valence-corrected chi connectivity index (χ3v) is 7.79. The summed E-state index contributed by atoms with van der Waals surface area (Å²) in [5.41, 5.74) is 2.35. The van der Waals surface area contributed by atoms with Gasteiger partial charge in [-0.25, -0.2) is 0 Å². The average molecular weight is 610 g/mol. The molecule has 0 spiro atoms. The quantitative estimate of drug-likeness (QED) is 0.134. The first-order valence-corrected chi connectivity index (χ1v) is 15.0. The van der Waals surface area contributed by atoms with Gasteiger partial charge in [-0.2, -0.15) is 19.6 Å². The third kappa shape index (κ3) is 17.3. The van der Waals surface area contributed by atoms with Crippen molar-refractivity contribution in [3.05, 3.63) is 47.5 Å². The molecule has 0 atom stereocenters. The van der Waals surface area contributed by atoms with Crippen molar-refractivity contribution in [3.63, 3.8) is 0 Å². The van der Waals surface area contributed by atoms with Gasteiger partial charge < -0.3 is 55.0 Å². The van der Waals surface area contributed by atoms with Gasteiger partial charge in [0.25, 0.3) is 0 Å². The summed E-state index contributed by atoms with van der Waals surface area (Å²) < 4.78 is 1.42. The zero-order valence-electron chi connectivity index (χ0n) is 23.3. The molecule has 0 aliphatic heterocycles. The molecule has 0 aliphatic rings. The molecule has 0 radical (unpaired) electrons. The second-order valence-electron chi connectivity index (χ2n) is 9.55. The summed E-state index contributed by atoms with van der Waals surface area (Å²) in [7, 11) is 0. The number of aryl methyl sites for hydroxylation is 2. The Morgan fingerprint density at radius 2 is 0.778 bits per heavy atom. The maximum Gasteiger partial charge on any atom is 0.0786 e. The average Bonchev–Trinajstić information content (AvgIpc) is 2.84. The Kier molecular flexibility index (Phi) is 23.9. The molecule has 210 valence electrons. The smallest absolute Gasteiger partial charge is 0.0786 e. The van der Waals surface area contributed by atoms with Gasteiger partial charge >= 0.3 is 0 Å². The van der Waals surface area contributed by atoms with Gasteiger partial charge in [0, 0.05) is 16.5 Å². The van der Waals surface area contributed by atoms with E-state index in [0.29, 0.717) is 0 Å². The van der Waals surface area contributed by atoms with Crippen LogP contribution in [0.15, 0.2) is 56.0 Å². The molecule has 0 fully saturated rings. The molecule has 1 nitrogen and oxygen atoms in total. The SMILES string of the molecule is CCCC[N+](CCCC)(CCCC)CCCC.Cc1ccc([S-])c([S-])c1.Cc1ccc([S-])c([S-])c1.[Ni]. The van der Waals surface area contributed by atoms with E-state index in [-0.39, 0.29) is 16.5 Å². The summed E-state index contributed by atoms with van der Waals surface area (Å²) in [6.07, 6.45) is 11.1. The Hall–Kier alpha value is -0.226. The van der Waals surface area contributed by atoms with Crippen LogP contribution in [0.5, 0.6) is 0 Å². The maximum atomic E-state index is 4.94. The molecule has 6 heteroatoms. The molecule has 2 aromatic carbocycles. The number of nitrogens with zero attached hydrogens (tertiary/aromatic N) is 1. The maximum absolute atomic E-state index is 4.94. The Balaban J connectivity index is 0. The first kappa shape index (κ1) is 37.9. The molecule has 0 unspecified atom stereocenters. The zero-order chi connectivity index (χ0) is 26.7. The number of hydrogen-bond acceptors (Lipinski definition) is 4. The van der Waals surface area contributed by atoms with Gasteiger partial charge in [-0.3, -0.25) is 0 Å². The molecular weight excluding hydrogens is 561 g/mol. The fourth-order valence-corrected chi connectivity index (χ4v) is 4.64. The third-order valence-electron chi connectivity index (χ3n) is 6.14. The van der Waals surface area contributed by atoms with Gasteiger partial charge in [-0.05, 0) is 39.5 Å². The van der Waals surface area contributed by atoms with E-state index in [2.05, 4.69) is 27.7 Å². The van der Waals surface area contributed by atoms with Crippen LogP contribution < -0.4 is 0 Å². The summed E-state index contributed by atoms with van der Waals surface area (Å²) in [6, 6.07) is 11.5. The minimum absolute atomic E-state index is 0. The molecule has 0 aliphatic carbocycles. The van der Waals surface area contributed by atoms with Crippen LogP contribution in [0.4, 0.5) is 0 Å². The Morgan fingerprint density at radius 3 is 0.972 bits per heavy atom. The molecule has 36 heavy (non-hydrogen) atoms. The first-order chi connectivity index (χ1) is 16.6. The molecule has 0 N–H and O–H groups in total. The second kappa shape index (κ2) is 22.7. The monoisotopic (exact) mass is 608 g/mol. The molecule has 0 saturated heterocycles. The zero-order valence-corrected chi connectivity index (χ0v) is 27.6. The van der Waals surface area contributed by atoms with Gasteiger partial charge in [-0.15, -0.1) is 0 Å². The van der Waals surface area contributed by atoms with Crippen molar-refractivity contribution in [1.29, 1.82) is 0 Å². The minimum atomic E-state index is 0. The normalized spacial score (nSPS) is 10.4. The van der Waals surface area contributed by atoms with Crippen LogP contribution in [-0.2, 0) is 67.0 Å². The topological polar surface area (TPSA) is 0 Å². The first-order valence-electron chi connectivity index (χ1n) is 13.4. The summed E-state index contributed by atoms with van der Waals surface area (Å²) in [5.74, 6) is 0. The minimum Gasteiger partial charge on any atom is -0.781 e. The Labute approximate surface area is 256 Å². The standard InChI is InChI=1S/C16H36N.2C7H8S2.Ni/c1-5-9-13-17(14-10-6-2,15-11-7-3)16-12-8-4;2*1-5-2-3-6(8)7(9)4-5;/h5-16H2,1-4H3;2*2-4,8-9H,1H3;/q+1;;;/p-4. The summed E-state index contributed by atoms with van der Waals surface area (Å²) in [4.78, 5) is 3.11. The fourth-order valence-electron chi connectivity index (χ4n) is 3.88. The van der Waals surface area contributed by atoms with Crippen LogP contribution in [0.25, 0.3) is 0 Å². The Bertz CT molecular complexity index is 727. The van der Waals surface area contributed by atoms with Crippen LogP contribution >= 0.6 is 0 Å². The summed E-state index contributed by atoms with van der Waals surface area (Å²) >= 11 is 19.7. The molecular formula is C30H48NNiS4-3. The molecule has 0 bridgehead atoms. The van der Waals surface area contributed by atoms with Gasteiger partial charge in [-0.1, -0.05) is 101 Å². The van der Waals surface area contributed by atoms with E-state index in [1.807, 2.05) is 50.2 Å². The number of rotatable bonds is 12. The molecule has 0 heterocycles. The Morgan fingerprint density at radius 1 is 0.500 bits per heavy atom. The van der Waals surface area contributed by atoms with Crippen molar-refractivity contribution in [2.24, 2.45) is 0 Å².